The lowest BCUT2D eigenvalue weighted by Gasteiger charge is -2.15. The van der Waals surface area contributed by atoms with Crippen molar-refractivity contribution in [2.75, 3.05) is 27.4 Å². The van der Waals surface area contributed by atoms with Gasteiger partial charge in [-0.2, -0.15) is 0 Å². The topological polar surface area (TPSA) is 99.9 Å². The van der Waals surface area contributed by atoms with Crippen LogP contribution >= 0.6 is 0 Å². The Balaban J connectivity index is 3.17. The summed E-state index contributed by atoms with van der Waals surface area (Å²) in [6, 6.07) is 3.01. The molecule has 0 aliphatic carbocycles. The summed E-state index contributed by atoms with van der Waals surface area (Å²) >= 11 is 0. The van der Waals surface area contributed by atoms with Crippen molar-refractivity contribution >= 4 is 11.8 Å². The maximum Gasteiger partial charge on any atom is 0.255 e. The van der Waals surface area contributed by atoms with Crippen LogP contribution in [-0.2, 0) is 4.79 Å². The van der Waals surface area contributed by atoms with Gasteiger partial charge in [-0.1, -0.05) is 0 Å². The van der Waals surface area contributed by atoms with Crippen molar-refractivity contribution in [1.82, 2.24) is 5.32 Å². The van der Waals surface area contributed by atoms with E-state index in [4.69, 9.17) is 19.9 Å². The molecular weight excluding hydrogens is 264 g/mol. The van der Waals surface area contributed by atoms with Crippen molar-refractivity contribution < 1.29 is 23.8 Å². The Bertz CT molecular complexity index is 477. The molecule has 0 aliphatic heterocycles. The van der Waals surface area contributed by atoms with Crippen molar-refractivity contribution in [3.8, 4) is 17.2 Å². The van der Waals surface area contributed by atoms with Gasteiger partial charge in [-0.15, -0.1) is 0 Å². The van der Waals surface area contributed by atoms with Crippen molar-refractivity contribution in [3.63, 3.8) is 0 Å². The maximum atomic E-state index is 11.8. The molecule has 1 rings (SSSR count). The summed E-state index contributed by atoms with van der Waals surface area (Å²) < 4.78 is 15.6. The van der Waals surface area contributed by atoms with E-state index in [0.29, 0.717) is 12.1 Å². The van der Waals surface area contributed by atoms with Crippen LogP contribution in [0.4, 0.5) is 0 Å². The van der Waals surface area contributed by atoms with Gasteiger partial charge >= 0.3 is 0 Å². The number of methoxy groups -OCH3 is 2. The molecule has 110 valence electrons. The summed E-state index contributed by atoms with van der Waals surface area (Å²) in [7, 11) is 2.85. The molecule has 0 saturated carbocycles. The molecular formula is C13H18N2O5. The van der Waals surface area contributed by atoms with Crippen LogP contribution in [0.2, 0.25) is 0 Å². The second-order valence-electron chi connectivity index (χ2n) is 3.82. The minimum Gasteiger partial charge on any atom is -0.493 e. The number of amides is 2. The molecule has 0 atom stereocenters. The molecule has 0 radical (unpaired) electrons. The van der Waals surface area contributed by atoms with Gasteiger partial charge in [-0.3, -0.25) is 9.59 Å². The Labute approximate surface area is 117 Å². The monoisotopic (exact) mass is 282 g/mol. The number of benzene rings is 1. The quantitative estimate of drug-likeness (QED) is 0.750. The Morgan fingerprint density at radius 3 is 2.15 bits per heavy atom. The van der Waals surface area contributed by atoms with Crippen LogP contribution in [0, 0.1) is 0 Å². The summed E-state index contributed by atoms with van der Waals surface area (Å²) in [6.45, 7) is 2.01. The average Bonchev–Trinajstić information content (AvgIpc) is 2.44. The summed E-state index contributed by atoms with van der Waals surface area (Å²) in [4.78, 5) is 22.6. The van der Waals surface area contributed by atoms with Gasteiger partial charge in [0.25, 0.3) is 11.8 Å². The highest BCUT2D eigenvalue weighted by molar-refractivity contribution is 5.95. The molecule has 0 saturated heterocycles. The van der Waals surface area contributed by atoms with Crippen LogP contribution < -0.4 is 25.3 Å². The number of primary amides is 1. The summed E-state index contributed by atoms with van der Waals surface area (Å²) in [5, 5.41) is 2.67. The first-order valence-corrected chi connectivity index (χ1v) is 5.98. The van der Waals surface area contributed by atoms with Gasteiger partial charge in [-0.05, 0) is 19.1 Å². The van der Waals surface area contributed by atoms with E-state index in [1.807, 2.05) is 6.92 Å². The van der Waals surface area contributed by atoms with E-state index in [9.17, 15) is 9.59 Å². The zero-order valence-electron chi connectivity index (χ0n) is 11.7. The zero-order valence-corrected chi connectivity index (χ0v) is 11.7. The van der Waals surface area contributed by atoms with Crippen molar-refractivity contribution in [2.45, 2.75) is 6.92 Å². The lowest BCUT2D eigenvalue weighted by molar-refractivity contribution is -0.120. The van der Waals surface area contributed by atoms with Crippen molar-refractivity contribution in [1.29, 1.82) is 0 Å². The lowest BCUT2D eigenvalue weighted by atomic mass is 10.1. The first-order valence-electron chi connectivity index (χ1n) is 5.98. The first kappa shape index (κ1) is 15.6. The lowest BCUT2D eigenvalue weighted by Crippen LogP contribution is -2.23. The van der Waals surface area contributed by atoms with E-state index in [1.165, 1.54) is 26.4 Å². The van der Waals surface area contributed by atoms with Crippen LogP contribution in [0.15, 0.2) is 12.1 Å². The van der Waals surface area contributed by atoms with Crippen LogP contribution in [0.3, 0.4) is 0 Å². The third kappa shape index (κ3) is 3.78. The average molecular weight is 282 g/mol. The van der Waals surface area contributed by atoms with Gasteiger partial charge in [0.15, 0.2) is 18.1 Å². The van der Waals surface area contributed by atoms with Gasteiger partial charge < -0.3 is 25.3 Å². The fourth-order valence-electron chi connectivity index (χ4n) is 1.56. The van der Waals surface area contributed by atoms with Gasteiger partial charge in [0.2, 0.25) is 5.75 Å². The number of hydrogen-bond acceptors (Lipinski definition) is 5. The molecule has 1 aromatic carbocycles. The molecule has 0 aromatic heterocycles. The van der Waals surface area contributed by atoms with E-state index in [1.54, 1.807) is 0 Å². The maximum absolute atomic E-state index is 11.8. The summed E-state index contributed by atoms with van der Waals surface area (Å²) in [5.41, 5.74) is 5.40. The van der Waals surface area contributed by atoms with Gasteiger partial charge in [-0.25, -0.2) is 0 Å². The highest BCUT2D eigenvalue weighted by Gasteiger charge is 2.17. The van der Waals surface area contributed by atoms with E-state index in [-0.39, 0.29) is 29.8 Å². The molecule has 7 heteroatoms. The number of rotatable bonds is 7. The second kappa shape index (κ2) is 7.22. The Kier molecular flexibility index (Phi) is 5.64. The van der Waals surface area contributed by atoms with Crippen molar-refractivity contribution in [3.05, 3.63) is 17.7 Å². The third-order valence-electron chi connectivity index (χ3n) is 2.42. The van der Waals surface area contributed by atoms with Gasteiger partial charge in [0.1, 0.15) is 0 Å². The fourth-order valence-corrected chi connectivity index (χ4v) is 1.56. The molecule has 0 heterocycles. The van der Waals surface area contributed by atoms with Gasteiger partial charge in [0, 0.05) is 12.1 Å². The smallest absolute Gasteiger partial charge is 0.255 e. The standard InChI is InChI=1S/C13H18N2O5/c1-4-15-13(17)8-5-9(18-2)12(10(6-8)19-3)20-7-11(14)16/h5-6H,4,7H2,1-3H3,(H2,14,16)(H,15,17). The minimum absolute atomic E-state index is 0.224. The molecule has 7 nitrogen and oxygen atoms in total. The number of hydrogen-bond donors (Lipinski definition) is 2. The van der Waals surface area contributed by atoms with E-state index in [2.05, 4.69) is 5.32 Å². The number of nitrogens with one attached hydrogen (secondary N) is 1. The molecule has 0 spiro atoms. The van der Waals surface area contributed by atoms with Gasteiger partial charge in [0.05, 0.1) is 14.2 Å². The van der Waals surface area contributed by atoms with Crippen LogP contribution in [0.5, 0.6) is 17.2 Å². The second-order valence-corrected chi connectivity index (χ2v) is 3.82. The normalized spacial score (nSPS) is 9.75. The molecule has 0 bridgehead atoms. The first-order chi connectivity index (χ1) is 9.53. The fraction of sp³-hybridized carbons (Fsp3) is 0.385. The van der Waals surface area contributed by atoms with Crippen LogP contribution in [0.25, 0.3) is 0 Å². The Hall–Kier alpha value is -2.44. The predicted octanol–water partition coefficient (Wildman–Crippen LogP) is 0.318. The van der Waals surface area contributed by atoms with E-state index >= 15 is 0 Å². The summed E-state index contributed by atoms with van der Waals surface area (Å²) in [6.07, 6.45) is 0. The Morgan fingerprint density at radius 2 is 1.75 bits per heavy atom. The third-order valence-corrected chi connectivity index (χ3v) is 2.42. The Morgan fingerprint density at radius 1 is 1.20 bits per heavy atom. The number of nitrogens with two attached hydrogens (primary N) is 1. The minimum atomic E-state index is -0.623. The molecule has 20 heavy (non-hydrogen) atoms. The molecule has 3 N–H and O–H groups in total. The SMILES string of the molecule is CCNC(=O)c1cc(OC)c(OCC(N)=O)c(OC)c1. The van der Waals surface area contributed by atoms with Crippen LogP contribution in [-0.4, -0.2) is 39.2 Å². The molecule has 0 unspecified atom stereocenters. The predicted molar refractivity (Wildman–Crippen MR) is 72.2 cm³/mol. The number of carbonyl (C=O) groups is 2. The molecule has 0 aliphatic rings. The molecule has 0 fully saturated rings. The number of carbonyl (C=O) groups excluding carboxylic acids is 2. The molecule has 1 aromatic rings. The van der Waals surface area contributed by atoms with E-state index < -0.39 is 5.91 Å². The highest BCUT2D eigenvalue weighted by Crippen LogP contribution is 2.38. The number of ether oxygens (including phenoxy) is 3. The highest BCUT2D eigenvalue weighted by atomic mass is 16.5. The summed E-state index contributed by atoms with van der Waals surface area (Å²) in [5.74, 6) is -0.0898. The van der Waals surface area contributed by atoms with E-state index in [0.717, 1.165) is 0 Å². The zero-order chi connectivity index (χ0) is 15.1. The van der Waals surface area contributed by atoms with Crippen LogP contribution in [0.1, 0.15) is 17.3 Å². The largest absolute Gasteiger partial charge is 0.493 e. The van der Waals surface area contributed by atoms with Crippen molar-refractivity contribution in [2.24, 2.45) is 5.73 Å². The molecule has 2 amide bonds.